The van der Waals surface area contributed by atoms with Crippen LogP contribution in [0.2, 0.25) is 0 Å². The zero-order valence-electron chi connectivity index (χ0n) is 12.7. The number of ketones is 1. The topological polar surface area (TPSA) is 70.3 Å². The molecule has 0 fully saturated rings. The van der Waals surface area contributed by atoms with Crippen LogP contribution in [-0.2, 0) is 4.74 Å². The van der Waals surface area contributed by atoms with Crippen LogP contribution in [0.25, 0.3) is 0 Å². The number of ether oxygens (including phenoxy) is 1. The number of rotatable bonds is 4. The highest BCUT2D eigenvalue weighted by Gasteiger charge is 2.22. The molecule has 0 saturated carbocycles. The third-order valence-corrected chi connectivity index (χ3v) is 3.35. The van der Waals surface area contributed by atoms with Gasteiger partial charge >= 0.3 is 5.97 Å². The maximum absolute atomic E-state index is 12.4. The maximum Gasteiger partial charge on any atom is 0.339 e. The molecule has 0 aliphatic carbocycles. The van der Waals surface area contributed by atoms with Crippen molar-refractivity contribution in [3.05, 3.63) is 70.2 Å². The molecule has 5 heteroatoms. The molecule has 0 aliphatic rings. The predicted octanol–water partition coefficient (Wildman–Crippen LogP) is 2.37. The fourth-order valence-electron chi connectivity index (χ4n) is 2.05. The lowest BCUT2D eigenvalue weighted by molar-refractivity contribution is -0.605. The number of esters is 1. The summed E-state index contributed by atoms with van der Waals surface area (Å²) < 4.78 is 5.76. The number of carbonyl (C=O) groups is 2. The van der Waals surface area contributed by atoms with Crippen LogP contribution >= 0.6 is 0 Å². The van der Waals surface area contributed by atoms with E-state index in [-0.39, 0.29) is 11.3 Å². The van der Waals surface area contributed by atoms with Crippen molar-refractivity contribution in [2.75, 3.05) is 0 Å². The van der Waals surface area contributed by atoms with Crippen molar-refractivity contribution in [2.24, 2.45) is 0 Å². The number of benzene rings is 1. The molecule has 2 rings (SSSR count). The number of aromatic nitrogens is 1. The van der Waals surface area contributed by atoms with Crippen molar-refractivity contribution in [3.63, 3.8) is 0 Å². The molecule has 0 spiro atoms. The molecule has 0 saturated heterocycles. The predicted molar refractivity (Wildman–Crippen MR) is 80.5 cm³/mol. The molecule has 1 heterocycles. The number of hydrogen-bond acceptors (Lipinski definition) is 4. The van der Waals surface area contributed by atoms with Crippen molar-refractivity contribution in [3.8, 4) is 0 Å². The highest BCUT2D eigenvalue weighted by molar-refractivity contribution is 6.02. The van der Waals surface area contributed by atoms with E-state index in [0.717, 1.165) is 11.1 Å². The van der Waals surface area contributed by atoms with Gasteiger partial charge in [0.1, 0.15) is 0 Å². The molecule has 1 aromatic heterocycles. The molecule has 1 atom stereocenters. The molecule has 22 heavy (non-hydrogen) atoms. The molecule has 0 unspecified atom stereocenters. The van der Waals surface area contributed by atoms with Crippen molar-refractivity contribution in [1.82, 2.24) is 0 Å². The van der Waals surface area contributed by atoms with Gasteiger partial charge in [-0.1, -0.05) is 17.7 Å². The van der Waals surface area contributed by atoms with E-state index < -0.39 is 12.1 Å². The standard InChI is InChI=1S/C17H17NO4/c1-11-4-5-12(2)15(10-11)16(19)13(3)22-17(20)14-6-8-18(21)9-7-14/h4-10,13H,1-3H3/t13-/m0/s1. The summed E-state index contributed by atoms with van der Waals surface area (Å²) in [6, 6.07) is 8.27. The third kappa shape index (κ3) is 3.49. The minimum atomic E-state index is -0.896. The van der Waals surface area contributed by atoms with Crippen LogP contribution in [0, 0.1) is 19.1 Å². The van der Waals surface area contributed by atoms with Gasteiger partial charge in [0.05, 0.1) is 5.56 Å². The Bertz CT molecular complexity index is 707. The minimum Gasteiger partial charge on any atom is -0.619 e. The van der Waals surface area contributed by atoms with Gasteiger partial charge in [0.2, 0.25) is 5.78 Å². The van der Waals surface area contributed by atoms with E-state index in [1.54, 1.807) is 13.0 Å². The van der Waals surface area contributed by atoms with Crippen LogP contribution in [0.15, 0.2) is 42.7 Å². The molecule has 2 aromatic rings. The van der Waals surface area contributed by atoms with E-state index in [2.05, 4.69) is 0 Å². The lowest BCUT2D eigenvalue weighted by Gasteiger charge is -2.14. The van der Waals surface area contributed by atoms with Crippen LogP contribution in [0.4, 0.5) is 0 Å². The van der Waals surface area contributed by atoms with Crippen LogP contribution in [0.5, 0.6) is 0 Å². The highest BCUT2D eigenvalue weighted by Crippen LogP contribution is 2.15. The SMILES string of the molecule is Cc1ccc(C)c(C(=O)[C@H](C)OC(=O)c2cc[n+]([O-])cc2)c1. The second-order valence-corrected chi connectivity index (χ2v) is 5.18. The van der Waals surface area contributed by atoms with Gasteiger partial charge in [0.15, 0.2) is 18.5 Å². The van der Waals surface area contributed by atoms with Crippen molar-refractivity contribution >= 4 is 11.8 Å². The Morgan fingerprint density at radius 2 is 1.77 bits per heavy atom. The third-order valence-electron chi connectivity index (χ3n) is 3.35. The van der Waals surface area contributed by atoms with Gasteiger partial charge in [0.25, 0.3) is 0 Å². The molecule has 1 aromatic carbocycles. The number of Topliss-reactive ketones (excluding diaryl/α,β-unsaturated/α-hetero) is 1. The number of carbonyl (C=O) groups excluding carboxylic acids is 2. The first-order chi connectivity index (χ1) is 10.4. The summed E-state index contributed by atoms with van der Waals surface area (Å²) >= 11 is 0. The van der Waals surface area contributed by atoms with Gasteiger partial charge in [0, 0.05) is 17.7 Å². The van der Waals surface area contributed by atoms with E-state index in [1.807, 2.05) is 26.0 Å². The average Bonchev–Trinajstić information content (AvgIpc) is 2.49. The summed E-state index contributed by atoms with van der Waals surface area (Å²) in [5, 5.41) is 10.9. The Hall–Kier alpha value is -2.69. The first kappa shape index (κ1) is 15.7. The molecular formula is C17H17NO4. The zero-order chi connectivity index (χ0) is 16.3. The van der Waals surface area contributed by atoms with Crippen LogP contribution in [-0.4, -0.2) is 17.9 Å². The average molecular weight is 299 g/mol. The normalized spacial score (nSPS) is 11.8. The Morgan fingerprint density at radius 3 is 2.41 bits per heavy atom. The summed E-state index contributed by atoms with van der Waals surface area (Å²) in [7, 11) is 0. The van der Waals surface area contributed by atoms with Gasteiger partial charge in [-0.2, -0.15) is 4.73 Å². The first-order valence-corrected chi connectivity index (χ1v) is 6.90. The quantitative estimate of drug-likeness (QED) is 0.376. The van der Waals surface area contributed by atoms with Crippen molar-refractivity contribution in [2.45, 2.75) is 26.9 Å². The summed E-state index contributed by atoms with van der Waals surface area (Å²) in [6.45, 7) is 5.28. The molecule has 0 aliphatic heterocycles. The number of aryl methyl sites for hydroxylation is 2. The van der Waals surface area contributed by atoms with Crippen LogP contribution in [0.3, 0.4) is 0 Å². The van der Waals surface area contributed by atoms with Gasteiger partial charge < -0.3 is 9.94 Å². The van der Waals surface area contributed by atoms with E-state index in [1.165, 1.54) is 24.5 Å². The largest absolute Gasteiger partial charge is 0.619 e. The van der Waals surface area contributed by atoms with Gasteiger partial charge in [-0.25, -0.2) is 4.79 Å². The Morgan fingerprint density at radius 1 is 1.14 bits per heavy atom. The van der Waals surface area contributed by atoms with Gasteiger partial charge in [-0.05, 0) is 32.4 Å². The summed E-state index contributed by atoms with van der Waals surface area (Å²) in [5.41, 5.74) is 2.58. The fourth-order valence-corrected chi connectivity index (χ4v) is 2.05. The maximum atomic E-state index is 12.4. The monoisotopic (exact) mass is 299 g/mol. The Kier molecular flexibility index (Phi) is 4.56. The Labute approximate surface area is 128 Å². The molecule has 0 N–H and O–H groups in total. The second-order valence-electron chi connectivity index (χ2n) is 5.18. The van der Waals surface area contributed by atoms with E-state index in [4.69, 9.17) is 4.74 Å². The number of pyridine rings is 1. The smallest absolute Gasteiger partial charge is 0.339 e. The summed E-state index contributed by atoms with van der Waals surface area (Å²) in [6.07, 6.45) is 1.51. The zero-order valence-corrected chi connectivity index (χ0v) is 12.7. The lowest BCUT2D eigenvalue weighted by atomic mass is 9.99. The van der Waals surface area contributed by atoms with Crippen molar-refractivity contribution < 1.29 is 19.1 Å². The van der Waals surface area contributed by atoms with Crippen molar-refractivity contribution in [1.29, 1.82) is 0 Å². The molecule has 0 amide bonds. The summed E-state index contributed by atoms with van der Waals surface area (Å²) in [4.78, 5) is 24.4. The molecule has 0 radical (unpaired) electrons. The van der Waals surface area contributed by atoms with Gasteiger partial charge in [-0.3, -0.25) is 4.79 Å². The van der Waals surface area contributed by atoms with Crippen LogP contribution in [0.1, 0.15) is 38.8 Å². The fraction of sp³-hybridized carbons (Fsp3) is 0.235. The number of nitrogens with zero attached hydrogens (tertiary/aromatic N) is 1. The molecule has 5 nitrogen and oxygen atoms in total. The van der Waals surface area contributed by atoms with Crippen LogP contribution < -0.4 is 4.73 Å². The van der Waals surface area contributed by atoms with Gasteiger partial charge in [-0.15, -0.1) is 0 Å². The summed E-state index contributed by atoms with van der Waals surface area (Å²) in [5.74, 6) is -0.879. The second kappa shape index (κ2) is 6.39. The van der Waals surface area contributed by atoms with E-state index >= 15 is 0 Å². The Balaban J connectivity index is 2.12. The molecular weight excluding hydrogens is 282 g/mol. The molecule has 114 valence electrons. The first-order valence-electron chi connectivity index (χ1n) is 6.90. The molecule has 0 bridgehead atoms. The highest BCUT2D eigenvalue weighted by atomic mass is 16.5. The lowest BCUT2D eigenvalue weighted by Crippen LogP contribution is -2.27. The van der Waals surface area contributed by atoms with E-state index in [9.17, 15) is 14.8 Å². The van der Waals surface area contributed by atoms with E-state index in [0.29, 0.717) is 10.3 Å². The minimum absolute atomic E-state index is 0.229. The number of hydrogen-bond donors (Lipinski definition) is 0.